The summed E-state index contributed by atoms with van der Waals surface area (Å²) in [6, 6.07) is 0.111. The van der Waals surface area contributed by atoms with Crippen LogP contribution >= 0.6 is 15.9 Å². The van der Waals surface area contributed by atoms with Gasteiger partial charge in [0.05, 0.1) is 11.6 Å². The van der Waals surface area contributed by atoms with Gasteiger partial charge in [0.15, 0.2) is 0 Å². The minimum absolute atomic E-state index is 0.139. The molecule has 1 atom stereocenters. The van der Waals surface area contributed by atoms with Gasteiger partial charge in [-0.15, -0.1) is 0 Å². The van der Waals surface area contributed by atoms with Gasteiger partial charge in [0.2, 0.25) is 0 Å². The molecule has 0 aromatic carbocycles. The van der Waals surface area contributed by atoms with Crippen LogP contribution in [0.1, 0.15) is 26.3 Å². The van der Waals surface area contributed by atoms with Crippen molar-refractivity contribution < 1.29 is 13.9 Å². The van der Waals surface area contributed by atoms with Gasteiger partial charge in [0.25, 0.3) is 5.56 Å². The average Bonchev–Trinajstić information content (AvgIpc) is 2.30. The minimum atomic E-state index is -0.737. The molecule has 100 valence electrons. The first-order chi connectivity index (χ1) is 8.36. The fraction of sp³-hybridized carbons (Fsp3) is 0.500. The number of hydrogen-bond acceptors (Lipinski definition) is 3. The van der Waals surface area contributed by atoms with E-state index in [1.807, 2.05) is 13.8 Å². The Balaban J connectivity index is 3.24. The van der Waals surface area contributed by atoms with E-state index in [4.69, 9.17) is 0 Å². The van der Waals surface area contributed by atoms with Gasteiger partial charge in [-0.05, 0) is 28.3 Å². The summed E-state index contributed by atoms with van der Waals surface area (Å²) in [7, 11) is 1.26. The van der Waals surface area contributed by atoms with Crippen LogP contribution in [0.25, 0.3) is 0 Å². The highest BCUT2D eigenvalue weighted by Gasteiger charge is 2.24. The van der Waals surface area contributed by atoms with E-state index in [9.17, 15) is 14.0 Å². The van der Waals surface area contributed by atoms with Crippen LogP contribution in [0.3, 0.4) is 0 Å². The van der Waals surface area contributed by atoms with Gasteiger partial charge < -0.3 is 4.74 Å². The van der Waals surface area contributed by atoms with E-state index >= 15 is 0 Å². The Labute approximate surface area is 113 Å². The normalized spacial score (nSPS) is 12.6. The maximum absolute atomic E-state index is 13.2. The van der Waals surface area contributed by atoms with Gasteiger partial charge in [-0.2, -0.15) is 0 Å². The van der Waals surface area contributed by atoms with Crippen molar-refractivity contribution in [2.75, 3.05) is 7.11 Å². The predicted molar refractivity (Wildman–Crippen MR) is 68.9 cm³/mol. The van der Waals surface area contributed by atoms with Crippen LogP contribution in [0.2, 0.25) is 0 Å². The first-order valence-electron chi connectivity index (χ1n) is 5.51. The van der Waals surface area contributed by atoms with Gasteiger partial charge in [0, 0.05) is 12.3 Å². The Kier molecular flexibility index (Phi) is 5.07. The number of methoxy groups -OCH3 is 1. The molecule has 0 saturated heterocycles. The molecule has 6 heteroatoms. The Morgan fingerprint density at radius 3 is 2.67 bits per heavy atom. The summed E-state index contributed by atoms with van der Waals surface area (Å²) in [5, 5.41) is 0. The molecule has 18 heavy (non-hydrogen) atoms. The third-order valence-electron chi connectivity index (χ3n) is 2.49. The lowest BCUT2D eigenvalue weighted by atomic mass is 10.0. The monoisotopic (exact) mass is 319 g/mol. The lowest BCUT2D eigenvalue weighted by molar-refractivity contribution is -0.145. The third-order valence-corrected chi connectivity index (χ3v) is 3.07. The smallest absolute Gasteiger partial charge is 0.328 e. The number of rotatable bonds is 4. The molecule has 0 aliphatic carbocycles. The van der Waals surface area contributed by atoms with Crippen LogP contribution in [0.4, 0.5) is 4.39 Å². The van der Waals surface area contributed by atoms with E-state index in [2.05, 4.69) is 20.7 Å². The first kappa shape index (κ1) is 14.9. The number of pyridine rings is 1. The maximum atomic E-state index is 13.2. The molecule has 0 bridgehead atoms. The molecular formula is C12H15BrFNO3. The number of esters is 1. The molecule has 0 fully saturated rings. The summed E-state index contributed by atoms with van der Waals surface area (Å²) in [6.45, 7) is 3.86. The summed E-state index contributed by atoms with van der Waals surface area (Å²) in [5.74, 6) is -0.960. The zero-order chi connectivity index (χ0) is 13.9. The second-order valence-corrected chi connectivity index (χ2v) is 5.24. The predicted octanol–water partition coefficient (Wildman–Crippen LogP) is 2.51. The topological polar surface area (TPSA) is 48.3 Å². The highest BCUT2D eigenvalue weighted by atomic mass is 79.9. The van der Waals surface area contributed by atoms with Gasteiger partial charge in [0.1, 0.15) is 11.9 Å². The summed E-state index contributed by atoms with van der Waals surface area (Å²) in [6.07, 6.45) is 1.73. The summed E-state index contributed by atoms with van der Waals surface area (Å²) in [5.41, 5.74) is -0.563. The van der Waals surface area contributed by atoms with Gasteiger partial charge in [-0.25, -0.2) is 9.18 Å². The van der Waals surface area contributed by atoms with Crippen LogP contribution < -0.4 is 5.56 Å². The van der Waals surface area contributed by atoms with E-state index in [0.717, 1.165) is 6.07 Å². The Bertz CT molecular complexity index is 499. The number of carbonyl (C=O) groups is 1. The molecule has 1 rings (SSSR count). The summed E-state index contributed by atoms with van der Waals surface area (Å²) >= 11 is 3.00. The standard InChI is InChI=1S/C12H15BrFNO3/c1-7(2)4-10(12(17)18-3)15-6-8(13)9(14)5-11(15)16/h5-7,10H,4H2,1-3H3. The highest BCUT2D eigenvalue weighted by Crippen LogP contribution is 2.20. The number of ether oxygens (including phenoxy) is 1. The number of nitrogens with zero attached hydrogens (tertiary/aromatic N) is 1. The molecule has 0 radical (unpaired) electrons. The minimum Gasteiger partial charge on any atom is -0.467 e. The van der Waals surface area contributed by atoms with Crippen LogP contribution in [0.5, 0.6) is 0 Å². The van der Waals surface area contributed by atoms with Crippen LogP contribution in [0.15, 0.2) is 21.5 Å². The number of carbonyl (C=O) groups excluding carboxylic acids is 1. The molecule has 0 saturated carbocycles. The molecule has 1 aromatic rings. The third kappa shape index (κ3) is 3.41. The van der Waals surface area contributed by atoms with Crippen molar-refractivity contribution in [3.8, 4) is 0 Å². The summed E-state index contributed by atoms with van der Waals surface area (Å²) < 4.78 is 19.2. The van der Waals surface area contributed by atoms with Crippen molar-refractivity contribution >= 4 is 21.9 Å². The largest absolute Gasteiger partial charge is 0.467 e. The van der Waals surface area contributed by atoms with Crippen molar-refractivity contribution in [2.45, 2.75) is 26.3 Å². The number of hydrogen-bond donors (Lipinski definition) is 0. The Morgan fingerprint density at radius 2 is 2.17 bits per heavy atom. The Morgan fingerprint density at radius 1 is 1.56 bits per heavy atom. The molecule has 0 aliphatic rings. The fourth-order valence-electron chi connectivity index (χ4n) is 1.65. The van der Waals surface area contributed by atoms with Gasteiger partial charge in [-0.3, -0.25) is 9.36 Å². The molecule has 1 heterocycles. The summed E-state index contributed by atoms with van der Waals surface area (Å²) in [4.78, 5) is 23.4. The molecule has 0 amide bonds. The lowest BCUT2D eigenvalue weighted by Crippen LogP contribution is -2.31. The zero-order valence-corrected chi connectivity index (χ0v) is 12.0. The van der Waals surface area contributed by atoms with E-state index in [-0.39, 0.29) is 10.4 Å². The van der Waals surface area contributed by atoms with E-state index in [1.165, 1.54) is 17.9 Å². The van der Waals surface area contributed by atoms with E-state index in [1.54, 1.807) is 0 Å². The van der Waals surface area contributed by atoms with Crippen molar-refractivity contribution in [1.29, 1.82) is 0 Å². The molecular weight excluding hydrogens is 305 g/mol. The second-order valence-electron chi connectivity index (χ2n) is 4.38. The van der Waals surface area contributed by atoms with Crippen molar-refractivity contribution in [1.82, 2.24) is 4.57 Å². The molecule has 0 spiro atoms. The first-order valence-corrected chi connectivity index (χ1v) is 6.31. The second kappa shape index (κ2) is 6.13. The number of aromatic nitrogens is 1. The molecule has 1 unspecified atom stereocenters. The van der Waals surface area contributed by atoms with Gasteiger partial charge >= 0.3 is 5.97 Å². The molecule has 0 N–H and O–H groups in total. The van der Waals surface area contributed by atoms with Crippen molar-refractivity contribution in [2.24, 2.45) is 5.92 Å². The zero-order valence-electron chi connectivity index (χ0n) is 10.4. The highest BCUT2D eigenvalue weighted by molar-refractivity contribution is 9.10. The number of halogens is 2. The average molecular weight is 320 g/mol. The Hall–Kier alpha value is -1.17. The lowest BCUT2D eigenvalue weighted by Gasteiger charge is -2.19. The quantitative estimate of drug-likeness (QED) is 0.801. The SMILES string of the molecule is COC(=O)C(CC(C)C)n1cc(Br)c(F)cc1=O. The molecule has 4 nitrogen and oxygen atoms in total. The van der Waals surface area contributed by atoms with Crippen molar-refractivity contribution in [3.63, 3.8) is 0 Å². The van der Waals surface area contributed by atoms with Crippen molar-refractivity contribution in [3.05, 3.63) is 32.9 Å². The van der Waals surface area contributed by atoms with E-state index < -0.39 is 23.4 Å². The molecule has 0 aliphatic heterocycles. The van der Waals surface area contributed by atoms with Crippen LogP contribution in [0, 0.1) is 11.7 Å². The van der Waals surface area contributed by atoms with E-state index in [0.29, 0.717) is 6.42 Å². The van der Waals surface area contributed by atoms with Crippen LogP contribution in [-0.2, 0) is 9.53 Å². The maximum Gasteiger partial charge on any atom is 0.328 e. The fourth-order valence-corrected chi connectivity index (χ4v) is 1.98. The van der Waals surface area contributed by atoms with Gasteiger partial charge in [-0.1, -0.05) is 13.8 Å². The molecule has 1 aromatic heterocycles. The van der Waals surface area contributed by atoms with Crippen LogP contribution in [-0.4, -0.2) is 17.6 Å².